The van der Waals surface area contributed by atoms with Gasteiger partial charge in [0.05, 0.1) is 0 Å². The Bertz CT molecular complexity index is 190. The van der Waals surface area contributed by atoms with Crippen molar-refractivity contribution in [2.45, 2.75) is 26.7 Å². The molecule has 3 saturated heterocycles. The Kier molecular flexibility index (Phi) is 1.21. The molecule has 3 aliphatic heterocycles. The lowest BCUT2D eigenvalue weighted by atomic mass is 10.1. The fourth-order valence-electron chi connectivity index (χ4n) is 0.826. The van der Waals surface area contributed by atoms with Crippen molar-refractivity contribution >= 4 is 8.60 Å². The first-order valence-electron chi connectivity index (χ1n) is 3.16. The van der Waals surface area contributed by atoms with Crippen LogP contribution in [0.4, 0.5) is 0 Å². The second kappa shape index (κ2) is 1.80. The van der Waals surface area contributed by atoms with E-state index in [1.54, 1.807) is 0 Å². The van der Waals surface area contributed by atoms with E-state index in [1.807, 2.05) is 20.8 Å². The average molecular weight is 160 g/mol. The van der Waals surface area contributed by atoms with Crippen LogP contribution in [-0.2, 0) is 13.6 Å². The van der Waals surface area contributed by atoms with Crippen molar-refractivity contribution in [2.24, 2.45) is 0 Å². The molecule has 0 unspecified atom stereocenters. The highest BCUT2D eigenvalue weighted by Crippen LogP contribution is 2.75. The highest BCUT2D eigenvalue weighted by Gasteiger charge is 2.67. The van der Waals surface area contributed by atoms with Crippen LogP contribution < -0.4 is 0 Å². The molecule has 3 aliphatic rings. The molecule has 0 radical (unpaired) electrons. The fraction of sp³-hybridized carbons (Fsp3) is 0.667. The van der Waals surface area contributed by atoms with E-state index in [0.29, 0.717) is 0 Å². The van der Waals surface area contributed by atoms with Gasteiger partial charge in [0.1, 0.15) is 0 Å². The van der Waals surface area contributed by atoms with Crippen molar-refractivity contribution < 1.29 is 13.6 Å². The van der Waals surface area contributed by atoms with Crippen LogP contribution in [0, 0.1) is 0 Å². The summed E-state index contributed by atoms with van der Waals surface area (Å²) in [6.07, 6.45) is 0. The maximum atomic E-state index is 5.20. The van der Waals surface area contributed by atoms with Crippen LogP contribution in [0.3, 0.4) is 0 Å². The summed E-state index contributed by atoms with van der Waals surface area (Å²) in [5, 5.41) is 0. The first-order chi connectivity index (χ1) is 4.64. The van der Waals surface area contributed by atoms with Gasteiger partial charge in [0, 0.05) is 5.57 Å². The largest absolute Gasteiger partial charge is 0.347 e. The highest BCUT2D eigenvalue weighted by atomic mass is 31.2. The second-order valence-corrected chi connectivity index (χ2v) is 3.67. The average Bonchev–Trinajstić information content (AvgIpc) is 1.56. The van der Waals surface area contributed by atoms with E-state index >= 15 is 0 Å². The zero-order chi connectivity index (χ0) is 7.35. The Hall–Kier alpha value is 0.0500. The van der Waals surface area contributed by atoms with Crippen LogP contribution in [-0.4, -0.2) is 5.97 Å². The van der Waals surface area contributed by atoms with Gasteiger partial charge in [-0.1, -0.05) is 5.57 Å². The third-order valence-corrected chi connectivity index (χ3v) is 2.96. The number of hydrogen-bond acceptors (Lipinski definition) is 3. The molecule has 10 heavy (non-hydrogen) atoms. The van der Waals surface area contributed by atoms with Crippen LogP contribution >= 0.6 is 8.60 Å². The first kappa shape index (κ1) is 6.74. The summed E-state index contributed by atoms with van der Waals surface area (Å²) in [7, 11) is -0.914. The van der Waals surface area contributed by atoms with Gasteiger partial charge in [-0.2, -0.15) is 0 Å². The number of allylic oxidation sites excluding steroid dienone is 1. The van der Waals surface area contributed by atoms with Crippen molar-refractivity contribution in [1.82, 2.24) is 0 Å². The van der Waals surface area contributed by atoms with E-state index in [-0.39, 0.29) is 0 Å². The van der Waals surface area contributed by atoms with Gasteiger partial charge in [0.15, 0.2) is 0 Å². The van der Waals surface area contributed by atoms with Crippen molar-refractivity contribution in [3.63, 3.8) is 0 Å². The molecule has 0 N–H and O–H groups in total. The third-order valence-electron chi connectivity index (χ3n) is 1.79. The molecule has 3 heterocycles. The molecular formula is C6H9O3P. The van der Waals surface area contributed by atoms with Gasteiger partial charge in [-0.15, -0.1) is 0 Å². The van der Waals surface area contributed by atoms with Crippen LogP contribution in [0.5, 0.6) is 0 Å². The minimum Gasteiger partial charge on any atom is -0.249 e. The van der Waals surface area contributed by atoms with Crippen LogP contribution in [0.25, 0.3) is 0 Å². The quantitative estimate of drug-likeness (QED) is 0.435. The molecule has 0 amide bonds. The van der Waals surface area contributed by atoms with E-state index < -0.39 is 14.6 Å². The second-order valence-electron chi connectivity index (χ2n) is 2.68. The molecule has 3 nitrogen and oxygen atoms in total. The first-order valence-corrected chi connectivity index (χ1v) is 4.26. The van der Waals surface area contributed by atoms with Crippen LogP contribution in [0.1, 0.15) is 20.8 Å². The van der Waals surface area contributed by atoms with E-state index in [1.165, 1.54) is 5.57 Å². The molecule has 0 aromatic heterocycles. The van der Waals surface area contributed by atoms with Crippen molar-refractivity contribution in [3.05, 3.63) is 11.1 Å². The predicted molar refractivity (Wildman–Crippen MR) is 37.0 cm³/mol. The molecule has 0 saturated carbocycles. The summed E-state index contributed by atoms with van der Waals surface area (Å²) >= 11 is 0. The summed E-state index contributed by atoms with van der Waals surface area (Å²) in [6, 6.07) is 0. The lowest BCUT2D eigenvalue weighted by Gasteiger charge is -2.56. The molecule has 0 atom stereocenters. The normalized spacial score (nSPS) is 41.7. The van der Waals surface area contributed by atoms with Crippen molar-refractivity contribution in [1.29, 1.82) is 0 Å². The monoisotopic (exact) mass is 160 g/mol. The predicted octanol–water partition coefficient (Wildman–Crippen LogP) is 2.30. The van der Waals surface area contributed by atoms with Gasteiger partial charge in [-0.25, -0.2) is 13.6 Å². The van der Waals surface area contributed by atoms with E-state index in [0.717, 1.165) is 5.57 Å². The van der Waals surface area contributed by atoms with Gasteiger partial charge >= 0.3 is 14.6 Å². The smallest absolute Gasteiger partial charge is 0.249 e. The summed E-state index contributed by atoms with van der Waals surface area (Å²) in [5.74, 6) is -0.745. The van der Waals surface area contributed by atoms with Crippen LogP contribution in [0.2, 0.25) is 0 Å². The maximum Gasteiger partial charge on any atom is 0.347 e. The Labute approximate surface area is 61.0 Å². The molecule has 4 heteroatoms. The number of hydrogen-bond donors (Lipinski definition) is 0. The minimum atomic E-state index is -0.914. The maximum absolute atomic E-state index is 5.20. The van der Waals surface area contributed by atoms with E-state index in [2.05, 4.69) is 0 Å². The zero-order valence-corrected chi connectivity index (χ0v) is 7.07. The highest BCUT2D eigenvalue weighted by molar-refractivity contribution is 7.45. The van der Waals surface area contributed by atoms with Crippen molar-refractivity contribution in [2.75, 3.05) is 0 Å². The van der Waals surface area contributed by atoms with E-state index in [9.17, 15) is 0 Å². The van der Waals surface area contributed by atoms with Gasteiger partial charge in [-0.3, -0.25) is 0 Å². The Balaban J connectivity index is 2.19. The molecule has 2 bridgehead atoms. The molecule has 0 spiro atoms. The van der Waals surface area contributed by atoms with Gasteiger partial charge in [-0.05, 0) is 20.8 Å². The summed E-state index contributed by atoms with van der Waals surface area (Å²) < 4.78 is 15.6. The molecule has 56 valence electrons. The SMILES string of the molecule is CC(C)=C(C)C12OP(O1)O2. The Morgan fingerprint density at radius 2 is 1.60 bits per heavy atom. The zero-order valence-electron chi connectivity index (χ0n) is 6.17. The molecule has 0 aromatic carbocycles. The van der Waals surface area contributed by atoms with Gasteiger partial charge in [0.2, 0.25) is 0 Å². The molecule has 3 fully saturated rings. The van der Waals surface area contributed by atoms with Gasteiger partial charge in [0.25, 0.3) is 0 Å². The lowest BCUT2D eigenvalue weighted by Crippen LogP contribution is -2.55. The lowest BCUT2D eigenvalue weighted by molar-refractivity contribution is -0.386. The Morgan fingerprint density at radius 1 is 1.10 bits per heavy atom. The minimum absolute atomic E-state index is 0.745. The molecule has 0 aromatic rings. The molecular weight excluding hydrogens is 151 g/mol. The fourth-order valence-corrected chi connectivity index (χ4v) is 1.87. The van der Waals surface area contributed by atoms with Crippen molar-refractivity contribution in [3.8, 4) is 0 Å². The number of rotatable bonds is 1. The topological polar surface area (TPSA) is 27.7 Å². The van der Waals surface area contributed by atoms with Crippen LogP contribution in [0.15, 0.2) is 11.1 Å². The summed E-state index contributed by atoms with van der Waals surface area (Å²) in [6.45, 7) is 5.99. The van der Waals surface area contributed by atoms with Gasteiger partial charge < -0.3 is 0 Å². The third kappa shape index (κ3) is 0.638. The molecule has 0 aliphatic carbocycles. The Morgan fingerprint density at radius 3 is 1.70 bits per heavy atom. The summed E-state index contributed by atoms with van der Waals surface area (Å²) in [4.78, 5) is 0. The van der Waals surface area contributed by atoms with E-state index in [4.69, 9.17) is 13.6 Å². The molecule has 3 rings (SSSR count). The summed E-state index contributed by atoms with van der Waals surface area (Å²) in [5.41, 5.74) is 2.23. The standard InChI is InChI=1S/C6H9O3P/c1-4(2)5(3)6-7-10(8-6)9-6/h1-3H3.